The van der Waals surface area contributed by atoms with Crippen LogP contribution in [0, 0.1) is 5.41 Å². The minimum Gasteiger partial charge on any atom is -0.392 e. The quantitative estimate of drug-likeness (QED) is 0.578. The second kappa shape index (κ2) is 6.54. The molecule has 0 bridgehead atoms. The van der Waals surface area contributed by atoms with E-state index >= 15 is 0 Å². The van der Waals surface area contributed by atoms with Crippen molar-refractivity contribution in [1.29, 1.82) is 0 Å². The summed E-state index contributed by atoms with van der Waals surface area (Å²) in [6.45, 7) is 5.44. The molecule has 1 atom stereocenters. The summed E-state index contributed by atoms with van der Waals surface area (Å²) >= 11 is 4.97. The van der Waals surface area contributed by atoms with Gasteiger partial charge in [0.25, 0.3) is 0 Å². The van der Waals surface area contributed by atoms with Gasteiger partial charge in [-0.1, -0.05) is 26.1 Å². The number of hydrogen-bond acceptors (Lipinski definition) is 3. The Hall–Kier alpha value is -1.17. The molecule has 0 heterocycles. The molecule has 6 heteroatoms. The summed E-state index contributed by atoms with van der Waals surface area (Å²) in [7, 11) is 0. The average Bonchev–Trinajstić information content (AvgIpc) is 2.17. The normalized spacial score (nSPS) is 12.9. The Labute approximate surface area is 107 Å². The Bertz CT molecular complexity index is 314. The highest BCUT2D eigenvalue weighted by molar-refractivity contribution is 7.80. The van der Waals surface area contributed by atoms with Gasteiger partial charge in [-0.2, -0.15) is 0 Å². The highest BCUT2D eigenvalue weighted by atomic mass is 32.1. The molecule has 0 fully saturated rings. The molecule has 0 aromatic heterocycles. The van der Waals surface area contributed by atoms with Crippen LogP contribution in [0.2, 0.25) is 0 Å². The van der Waals surface area contributed by atoms with E-state index in [9.17, 15) is 9.59 Å². The van der Waals surface area contributed by atoms with Crippen LogP contribution in [0.3, 0.4) is 0 Å². The molecule has 0 spiro atoms. The summed E-state index contributed by atoms with van der Waals surface area (Å²) in [5.41, 5.74) is 9.88. The third-order valence-corrected chi connectivity index (χ3v) is 3.39. The van der Waals surface area contributed by atoms with Gasteiger partial charge in [0, 0.05) is 12.5 Å². The van der Waals surface area contributed by atoms with Crippen LogP contribution in [-0.2, 0) is 9.59 Å². The lowest BCUT2D eigenvalue weighted by Gasteiger charge is -2.30. The van der Waals surface area contributed by atoms with Crippen LogP contribution in [0.4, 0.5) is 0 Å². The molecule has 0 aliphatic heterocycles. The SMILES string of the molecule is CCC(CC)(C(=O)NC(C)CC(N)=O)C(N)=S. The van der Waals surface area contributed by atoms with Crippen LogP contribution in [0.25, 0.3) is 0 Å². The predicted molar refractivity (Wildman–Crippen MR) is 71.2 cm³/mol. The summed E-state index contributed by atoms with van der Waals surface area (Å²) in [5, 5.41) is 2.73. The first-order valence-corrected chi connectivity index (χ1v) is 6.10. The van der Waals surface area contributed by atoms with Crippen LogP contribution in [0.5, 0.6) is 0 Å². The second-order valence-corrected chi connectivity index (χ2v) is 4.64. The molecule has 0 aliphatic carbocycles. The molecule has 0 saturated carbocycles. The highest BCUT2D eigenvalue weighted by Gasteiger charge is 2.38. The largest absolute Gasteiger partial charge is 0.392 e. The fourth-order valence-corrected chi connectivity index (χ4v) is 2.13. The molecule has 0 aromatic carbocycles. The van der Waals surface area contributed by atoms with Crippen LogP contribution in [-0.4, -0.2) is 22.8 Å². The van der Waals surface area contributed by atoms with Crippen molar-refractivity contribution in [2.24, 2.45) is 16.9 Å². The van der Waals surface area contributed by atoms with Gasteiger partial charge < -0.3 is 16.8 Å². The Morgan fingerprint density at radius 1 is 1.29 bits per heavy atom. The van der Waals surface area contributed by atoms with E-state index in [1.165, 1.54) is 0 Å². The smallest absolute Gasteiger partial charge is 0.233 e. The molecule has 0 radical (unpaired) electrons. The highest BCUT2D eigenvalue weighted by Crippen LogP contribution is 2.27. The molecule has 98 valence electrons. The molecule has 0 aliphatic rings. The summed E-state index contributed by atoms with van der Waals surface area (Å²) in [5.74, 6) is -0.685. The van der Waals surface area contributed by atoms with Gasteiger partial charge in [0.15, 0.2) is 0 Å². The number of rotatable bonds is 7. The molecule has 0 rings (SSSR count). The summed E-state index contributed by atoms with van der Waals surface area (Å²) in [6, 6.07) is -0.313. The van der Waals surface area contributed by atoms with E-state index in [-0.39, 0.29) is 23.4 Å². The van der Waals surface area contributed by atoms with Crippen LogP contribution in [0.1, 0.15) is 40.0 Å². The van der Waals surface area contributed by atoms with E-state index in [1.807, 2.05) is 13.8 Å². The minimum absolute atomic E-state index is 0.104. The molecular weight excluding hydrogens is 238 g/mol. The van der Waals surface area contributed by atoms with Gasteiger partial charge in [0.2, 0.25) is 11.8 Å². The molecule has 0 aromatic rings. The van der Waals surface area contributed by atoms with Gasteiger partial charge in [-0.3, -0.25) is 9.59 Å². The van der Waals surface area contributed by atoms with Crippen molar-refractivity contribution in [1.82, 2.24) is 5.32 Å². The van der Waals surface area contributed by atoms with Crippen molar-refractivity contribution in [2.45, 2.75) is 46.1 Å². The standard InChI is InChI=1S/C11H21N3O2S/c1-4-11(5-2,9(13)17)10(16)14-7(3)6-8(12)15/h7H,4-6H2,1-3H3,(H2,12,15)(H2,13,17)(H,14,16). The molecule has 5 nitrogen and oxygen atoms in total. The van der Waals surface area contributed by atoms with E-state index in [2.05, 4.69) is 5.32 Å². The lowest BCUT2D eigenvalue weighted by molar-refractivity contribution is -0.128. The number of carbonyl (C=O) groups excluding carboxylic acids is 2. The van der Waals surface area contributed by atoms with Crippen molar-refractivity contribution >= 4 is 29.0 Å². The van der Waals surface area contributed by atoms with Crippen LogP contribution in [0.15, 0.2) is 0 Å². The first-order chi connectivity index (χ1) is 7.80. The van der Waals surface area contributed by atoms with Gasteiger partial charge in [-0.15, -0.1) is 0 Å². The van der Waals surface area contributed by atoms with E-state index in [4.69, 9.17) is 23.7 Å². The monoisotopic (exact) mass is 259 g/mol. The van der Waals surface area contributed by atoms with E-state index in [0.29, 0.717) is 12.8 Å². The molecule has 2 amide bonds. The van der Waals surface area contributed by atoms with E-state index in [0.717, 1.165) is 0 Å². The first-order valence-electron chi connectivity index (χ1n) is 5.69. The fourth-order valence-electron chi connectivity index (χ4n) is 1.75. The van der Waals surface area contributed by atoms with Crippen molar-refractivity contribution in [2.75, 3.05) is 0 Å². The Kier molecular flexibility index (Phi) is 6.09. The maximum atomic E-state index is 12.1. The van der Waals surface area contributed by atoms with Gasteiger partial charge in [0.1, 0.15) is 0 Å². The number of hydrogen-bond donors (Lipinski definition) is 3. The topological polar surface area (TPSA) is 98.2 Å². The summed E-state index contributed by atoms with van der Waals surface area (Å²) in [6.07, 6.45) is 1.18. The maximum Gasteiger partial charge on any atom is 0.233 e. The number of nitrogens with two attached hydrogens (primary N) is 2. The number of primary amides is 1. The number of amides is 2. The molecule has 0 saturated heterocycles. The number of nitrogens with one attached hydrogen (secondary N) is 1. The van der Waals surface area contributed by atoms with Gasteiger partial charge >= 0.3 is 0 Å². The van der Waals surface area contributed by atoms with Crippen LogP contribution >= 0.6 is 12.2 Å². The third kappa shape index (κ3) is 3.96. The third-order valence-electron chi connectivity index (χ3n) is 3.00. The van der Waals surface area contributed by atoms with Crippen molar-refractivity contribution in [3.05, 3.63) is 0 Å². The van der Waals surface area contributed by atoms with Gasteiger partial charge in [-0.05, 0) is 19.8 Å². The number of thiocarbonyl (C=S) groups is 1. The Morgan fingerprint density at radius 2 is 1.76 bits per heavy atom. The van der Waals surface area contributed by atoms with E-state index in [1.54, 1.807) is 6.92 Å². The zero-order chi connectivity index (χ0) is 13.6. The zero-order valence-electron chi connectivity index (χ0n) is 10.6. The van der Waals surface area contributed by atoms with Gasteiger partial charge in [-0.25, -0.2) is 0 Å². The van der Waals surface area contributed by atoms with Crippen molar-refractivity contribution < 1.29 is 9.59 Å². The molecule has 5 N–H and O–H groups in total. The Balaban J connectivity index is 4.76. The minimum atomic E-state index is -0.832. The lowest BCUT2D eigenvalue weighted by atomic mass is 9.81. The summed E-state index contributed by atoms with van der Waals surface area (Å²) < 4.78 is 0. The summed E-state index contributed by atoms with van der Waals surface area (Å²) in [4.78, 5) is 23.1. The van der Waals surface area contributed by atoms with Gasteiger partial charge in [0.05, 0.1) is 10.4 Å². The predicted octanol–water partition coefficient (Wildman–Crippen LogP) is 0.459. The molecule has 17 heavy (non-hydrogen) atoms. The lowest BCUT2D eigenvalue weighted by Crippen LogP contribution is -2.51. The van der Waals surface area contributed by atoms with Crippen molar-refractivity contribution in [3.63, 3.8) is 0 Å². The Morgan fingerprint density at radius 3 is 2.06 bits per heavy atom. The van der Waals surface area contributed by atoms with E-state index < -0.39 is 11.3 Å². The first kappa shape index (κ1) is 15.8. The molecule has 1 unspecified atom stereocenters. The van der Waals surface area contributed by atoms with Crippen LogP contribution < -0.4 is 16.8 Å². The second-order valence-electron chi connectivity index (χ2n) is 4.20. The van der Waals surface area contributed by atoms with Crippen molar-refractivity contribution in [3.8, 4) is 0 Å². The zero-order valence-corrected chi connectivity index (χ0v) is 11.4. The fraction of sp³-hybridized carbons (Fsp3) is 0.727. The molecular formula is C11H21N3O2S. The average molecular weight is 259 g/mol. The number of carbonyl (C=O) groups is 2. The maximum absolute atomic E-state index is 12.1.